The number of rotatable bonds is 4. The topological polar surface area (TPSA) is 61.8 Å². The first-order valence-electron chi connectivity index (χ1n) is 8.28. The average Bonchev–Trinajstić information content (AvgIpc) is 2.62. The highest BCUT2D eigenvalue weighted by molar-refractivity contribution is 6.22. The number of methoxy groups -OCH3 is 1. The number of ketones is 1. The van der Waals surface area contributed by atoms with Crippen molar-refractivity contribution >= 4 is 17.3 Å². The Balaban J connectivity index is 1.67. The van der Waals surface area contributed by atoms with Gasteiger partial charge in [0.25, 0.3) is 0 Å². The van der Waals surface area contributed by atoms with Gasteiger partial charge in [-0.25, -0.2) is 4.79 Å². The lowest BCUT2D eigenvalue weighted by atomic mass is 9.78. The van der Waals surface area contributed by atoms with Crippen LogP contribution in [0.4, 0.5) is 0 Å². The number of benzene rings is 1. The lowest BCUT2D eigenvalue weighted by molar-refractivity contribution is -0.161. The number of hydrogen-bond donors (Lipinski definition) is 0. The highest BCUT2D eigenvalue weighted by atomic mass is 16.6. The van der Waals surface area contributed by atoms with Gasteiger partial charge in [0.1, 0.15) is 6.10 Å². The second kappa shape index (κ2) is 7.18. The molecule has 24 heavy (non-hydrogen) atoms. The molecule has 0 amide bonds. The number of carbonyl (C=O) groups is 2. The monoisotopic (exact) mass is 330 g/mol. The van der Waals surface area contributed by atoms with Crippen molar-refractivity contribution in [1.82, 2.24) is 0 Å². The van der Waals surface area contributed by atoms with E-state index in [0.717, 1.165) is 12.0 Å². The molecule has 2 aliphatic rings. The third kappa shape index (κ3) is 3.36. The van der Waals surface area contributed by atoms with Crippen LogP contribution in [0.3, 0.4) is 0 Å². The van der Waals surface area contributed by atoms with Gasteiger partial charge in [0, 0.05) is 6.42 Å². The van der Waals surface area contributed by atoms with Crippen LogP contribution in [0, 0.1) is 5.92 Å². The molecule has 0 radical (unpaired) electrons. The Morgan fingerprint density at radius 3 is 2.71 bits per heavy atom. The van der Waals surface area contributed by atoms with Crippen molar-refractivity contribution in [3.05, 3.63) is 42.2 Å². The second-order valence-corrected chi connectivity index (χ2v) is 6.28. The predicted molar refractivity (Wildman–Crippen MR) is 88.0 cm³/mol. The molecule has 0 bridgehead atoms. The third-order valence-electron chi connectivity index (χ3n) is 4.72. The van der Waals surface area contributed by atoms with Crippen molar-refractivity contribution in [1.29, 1.82) is 0 Å². The molecular weight excluding hydrogens is 308 g/mol. The summed E-state index contributed by atoms with van der Waals surface area (Å²) in [5.41, 5.74) is 1.53. The van der Waals surface area contributed by atoms with Gasteiger partial charge in [0.05, 0.1) is 31.0 Å². The summed E-state index contributed by atoms with van der Waals surface area (Å²) in [6.45, 7) is 1.68. The van der Waals surface area contributed by atoms with Crippen molar-refractivity contribution in [3.8, 4) is 0 Å². The zero-order valence-electron chi connectivity index (χ0n) is 13.9. The van der Waals surface area contributed by atoms with E-state index in [0.29, 0.717) is 18.4 Å². The van der Waals surface area contributed by atoms with E-state index in [1.54, 1.807) is 13.2 Å². The Kier molecular flexibility index (Phi) is 5.00. The Hall–Kier alpha value is -2.14. The van der Waals surface area contributed by atoms with Gasteiger partial charge in [-0.2, -0.15) is 0 Å². The fourth-order valence-corrected chi connectivity index (χ4v) is 3.42. The quantitative estimate of drug-likeness (QED) is 0.795. The van der Waals surface area contributed by atoms with Gasteiger partial charge >= 0.3 is 5.97 Å². The van der Waals surface area contributed by atoms with Crippen molar-refractivity contribution in [3.63, 3.8) is 0 Å². The van der Waals surface area contributed by atoms with E-state index < -0.39 is 6.10 Å². The zero-order chi connectivity index (χ0) is 17.1. The van der Waals surface area contributed by atoms with Crippen LogP contribution < -0.4 is 0 Å². The summed E-state index contributed by atoms with van der Waals surface area (Å²) < 4.78 is 16.3. The van der Waals surface area contributed by atoms with Gasteiger partial charge in [-0.05, 0) is 25.3 Å². The normalized spacial score (nSPS) is 27.5. The summed E-state index contributed by atoms with van der Waals surface area (Å²) in [7, 11) is 1.35. The van der Waals surface area contributed by atoms with Crippen LogP contribution in [0.15, 0.2) is 36.6 Å². The van der Waals surface area contributed by atoms with E-state index >= 15 is 0 Å². The minimum Gasteiger partial charge on any atom is -0.496 e. The number of ether oxygens (including phenoxy) is 3. The van der Waals surface area contributed by atoms with E-state index in [-0.39, 0.29) is 29.9 Å². The number of fused-ring (bicyclic) bond motifs is 1. The van der Waals surface area contributed by atoms with Crippen LogP contribution in [0.2, 0.25) is 0 Å². The van der Waals surface area contributed by atoms with Crippen LogP contribution in [0.5, 0.6) is 0 Å². The van der Waals surface area contributed by atoms with Gasteiger partial charge in [-0.1, -0.05) is 30.3 Å². The maximum Gasteiger partial charge on any atom is 0.334 e. The van der Waals surface area contributed by atoms with Gasteiger partial charge in [0.2, 0.25) is 0 Å². The number of Topliss-reactive ketones (excluding diaryl/α,β-unsaturated/α-hetero) is 1. The van der Waals surface area contributed by atoms with Crippen LogP contribution in [0.1, 0.15) is 31.7 Å². The minimum atomic E-state index is -0.605. The first-order valence-corrected chi connectivity index (χ1v) is 8.28. The van der Waals surface area contributed by atoms with Crippen LogP contribution in [-0.4, -0.2) is 37.2 Å². The molecule has 5 heteroatoms. The first kappa shape index (κ1) is 16.7. The van der Waals surface area contributed by atoms with Crippen molar-refractivity contribution in [2.24, 2.45) is 5.92 Å². The molecule has 1 heterocycles. The number of esters is 1. The molecule has 4 unspecified atom stereocenters. The summed E-state index contributed by atoms with van der Waals surface area (Å²) in [5.74, 6) is -0.389. The van der Waals surface area contributed by atoms with Gasteiger partial charge in [0.15, 0.2) is 11.9 Å². The molecule has 1 aromatic carbocycles. The molecule has 0 N–H and O–H groups in total. The standard InChI is InChI=1S/C19H22O5/c1-12(19(21)22-2)24-14-8-9-15-17(10-14)23-11-16(18(15)20)13-6-4-3-5-7-13/h3-7,11-12,14-15,17H,8-10H2,1-2H3. The highest BCUT2D eigenvalue weighted by Gasteiger charge is 2.41. The first-order chi connectivity index (χ1) is 11.6. The minimum absolute atomic E-state index is 0.0974. The lowest BCUT2D eigenvalue weighted by Gasteiger charge is -2.38. The number of carbonyl (C=O) groups excluding carboxylic acids is 2. The highest BCUT2D eigenvalue weighted by Crippen LogP contribution is 2.37. The second-order valence-electron chi connectivity index (χ2n) is 6.28. The smallest absolute Gasteiger partial charge is 0.334 e. The molecule has 0 spiro atoms. The van der Waals surface area contributed by atoms with E-state index in [9.17, 15) is 9.59 Å². The van der Waals surface area contributed by atoms with Crippen LogP contribution in [0.25, 0.3) is 5.57 Å². The Morgan fingerprint density at radius 2 is 2.00 bits per heavy atom. The molecule has 1 saturated carbocycles. The molecule has 5 nitrogen and oxygen atoms in total. The molecule has 3 rings (SSSR count). The van der Waals surface area contributed by atoms with E-state index in [1.807, 2.05) is 30.3 Å². The largest absolute Gasteiger partial charge is 0.496 e. The van der Waals surface area contributed by atoms with Crippen LogP contribution >= 0.6 is 0 Å². The molecule has 1 aliphatic heterocycles. The van der Waals surface area contributed by atoms with E-state index in [4.69, 9.17) is 9.47 Å². The summed E-state index contributed by atoms with van der Waals surface area (Å²) in [6.07, 6.45) is 2.73. The lowest BCUT2D eigenvalue weighted by Crippen LogP contribution is -2.42. The molecule has 128 valence electrons. The molecule has 4 atom stereocenters. The number of allylic oxidation sites excluding steroid dienone is 1. The van der Waals surface area contributed by atoms with Crippen molar-refractivity contribution < 1.29 is 23.8 Å². The predicted octanol–water partition coefficient (Wildman–Crippen LogP) is 2.74. The molecule has 0 aromatic heterocycles. The number of hydrogen-bond acceptors (Lipinski definition) is 5. The molecule has 0 saturated heterocycles. The van der Waals surface area contributed by atoms with Gasteiger partial charge in [-0.3, -0.25) is 4.79 Å². The Labute approximate surface area is 141 Å². The fraction of sp³-hybridized carbons (Fsp3) is 0.474. The third-order valence-corrected chi connectivity index (χ3v) is 4.72. The average molecular weight is 330 g/mol. The Morgan fingerprint density at radius 1 is 1.25 bits per heavy atom. The summed E-state index contributed by atoms with van der Waals surface area (Å²) in [4.78, 5) is 24.3. The molecule has 1 aliphatic carbocycles. The summed E-state index contributed by atoms with van der Waals surface area (Å²) in [5, 5.41) is 0. The summed E-state index contributed by atoms with van der Waals surface area (Å²) >= 11 is 0. The molecule has 1 fully saturated rings. The fourth-order valence-electron chi connectivity index (χ4n) is 3.42. The van der Waals surface area contributed by atoms with Crippen molar-refractivity contribution in [2.75, 3.05) is 7.11 Å². The summed E-state index contributed by atoms with van der Waals surface area (Å²) in [6, 6.07) is 9.58. The van der Waals surface area contributed by atoms with E-state index in [2.05, 4.69) is 4.74 Å². The SMILES string of the molecule is COC(=O)C(C)OC1CCC2C(=O)C(c3ccccc3)=COC2C1. The van der Waals surface area contributed by atoms with Crippen LogP contribution in [-0.2, 0) is 23.8 Å². The molecular formula is C19H22O5. The zero-order valence-corrected chi connectivity index (χ0v) is 13.9. The Bertz CT molecular complexity index is 636. The van der Waals surface area contributed by atoms with Gasteiger partial charge < -0.3 is 14.2 Å². The maximum atomic E-state index is 12.8. The maximum absolute atomic E-state index is 12.8. The van der Waals surface area contributed by atoms with Gasteiger partial charge in [-0.15, -0.1) is 0 Å². The van der Waals surface area contributed by atoms with Crippen molar-refractivity contribution in [2.45, 2.75) is 44.5 Å². The molecule has 1 aromatic rings. The van der Waals surface area contributed by atoms with E-state index in [1.165, 1.54) is 7.11 Å².